The van der Waals surface area contributed by atoms with E-state index in [9.17, 15) is 9.59 Å². The molecule has 0 unspecified atom stereocenters. The molecule has 11 nitrogen and oxygen atoms in total. The van der Waals surface area contributed by atoms with E-state index in [1.54, 1.807) is 6.07 Å². The molecule has 0 atom stereocenters. The number of aromatic nitrogens is 4. The lowest BCUT2D eigenvalue weighted by Crippen LogP contribution is -2.49. The molecule has 1 amide bonds. The molecule has 36 heavy (non-hydrogen) atoms. The van der Waals surface area contributed by atoms with Gasteiger partial charge in [0, 0.05) is 71.9 Å². The Morgan fingerprint density at radius 1 is 0.833 bits per heavy atom. The highest BCUT2D eigenvalue weighted by molar-refractivity contribution is 5.78. The molecule has 2 aliphatic rings. The SMILES string of the molecule is O=C(CCn1cnc2ccccc2c1=O)N1CCN(c2ccc(N3CCN(CCO)CC3)nn2)CC1. The fourth-order valence-electron chi connectivity index (χ4n) is 4.82. The molecular formula is C25H32N8O3. The third-order valence-corrected chi connectivity index (χ3v) is 7.00. The Kier molecular flexibility index (Phi) is 7.38. The van der Waals surface area contributed by atoms with Crippen LogP contribution in [0.5, 0.6) is 0 Å². The average molecular weight is 493 g/mol. The topological polar surface area (TPSA) is 111 Å². The van der Waals surface area contributed by atoms with Crippen LogP contribution in [0.25, 0.3) is 10.9 Å². The van der Waals surface area contributed by atoms with Crippen LogP contribution in [0.2, 0.25) is 0 Å². The van der Waals surface area contributed by atoms with E-state index in [0.717, 1.165) is 37.8 Å². The van der Waals surface area contributed by atoms with Gasteiger partial charge in [0.15, 0.2) is 11.6 Å². The van der Waals surface area contributed by atoms with Gasteiger partial charge in [0.2, 0.25) is 5.91 Å². The van der Waals surface area contributed by atoms with E-state index in [1.807, 2.05) is 35.2 Å². The van der Waals surface area contributed by atoms with Gasteiger partial charge in [-0.3, -0.25) is 19.1 Å². The lowest BCUT2D eigenvalue weighted by molar-refractivity contribution is -0.131. The Labute approximate surface area is 209 Å². The first-order valence-corrected chi connectivity index (χ1v) is 12.5. The second kappa shape index (κ2) is 11.0. The largest absolute Gasteiger partial charge is 0.395 e. The molecular weight excluding hydrogens is 460 g/mol. The van der Waals surface area contributed by atoms with E-state index in [-0.39, 0.29) is 24.5 Å². The number of piperazine rings is 2. The summed E-state index contributed by atoms with van der Waals surface area (Å²) in [6, 6.07) is 11.3. The lowest BCUT2D eigenvalue weighted by atomic mass is 10.2. The van der Waals surface area contributed by atoms with E-state index in [4.69, 9.17) is 5.11 Å². The number of hydrogen-bond acceptors (Lipinski definition) is 9. The van der Waals surface area contributed by atoms with Crippen LogP contribution in [0, 0.1) is 0 Å². The molecule has 0 radical (unpaired) electrons. The van der Waals surface area contributed by atoms with Gasteiger partial charge in [-0.05, 0) is 24.3 Å². The minimum absolute atomic E-state index is 0.0384. The van der Waals surface area contributed by atoms with Crippen molar-refractivity contribution < 1.29 is 9.90 Å². The molecule has 1 N–H and O–H groups in total. The Balaban J connectivity index is 1.10. The number of fused-ring (bicyclic) bond motifs is 1. The van der Waals surface area contributed by atoms with Gasteiger partial charge in [0.05, 0.1) is 23.8 Å². The third-order valence-electron chi connectivity index (χ3n) is 7.00. The van der Waals surface area contributed by atoms with Crippen molar-refractivity contribution in [3.05, 3.63) is 53.1 Å². The Morgan fingerprint density at radius 3 is 2.11 bits per heavy atom. The van der Waals surface area contributed by atoms with Crippen LogP contribution in [0.15, 0.2) is 47.5 Å². The van der Waals surface area contributed by atoms with Gasteiger partial charge >= 0.3 is 0 Å². The van der Waals surface area contributed by atoms with Crippen molar-refractivity contribution in [1.82, 2.24) is 29.5 Å². The molecule has 2 aliphatic heterocycles. The average Bonchev–Trinajstić information content (AvgIpc) is 2.93. The van der Waals surface area contributed by atoms with Gasteiger partial charge in [-0.15, -0.1) is 10.2 Å². The zero-order chi connectivity index (χ0) is 24.9. The maximum Gasteiger partial charge on any atom is 0.261 e. The number of carbonyl (C=O) groups is 1. The highest BCUT2D eigenvalue weighted by Gasteiger charge is 2.23. The molecule has 0 spiro atoms. The zero-order valence-corrected chi connectivity index (χ0v) is 20.4. The highest BCUT2D eigenvalue weighted by atomic mass is 16.3. The molecule has 4 heterocycles. The van der Waals surface area contributed by atoms with Gasteiger partial charge in [-0.2, -0.15) is 0 Å². The van der Waals surface area contributed by atoms with Gasteiger partial charge in [0.1, 0.15) is 0 Å². The van der Waals surface area contributed by atoms with Crippen molar-refractivity contribution in [2.75, 3.05) is 75.3 Å². The molecule has 2 aromatic heterocycles. The first-order chi connectivity index (χ1) is 17.6. The van der Waals surface area contributed by atoms with Crippen LogP contribution in [0.4, 0.5) is 11.6 Å². The smallest absolute Gasteiger partial charge is 0.261 e. The summed E-state index contributed by atoms with van der Waals surface area (Å²) < 4.78 is 1.51. The first kappa shape index (κ1) is 24.1. The van der Waals surface area contributed by atoms with Crippen LogP contribution in [0.1, 0.15) is 6.42 Å². The Bertz CT molecular complexity index is 1230. The normalized spacial score (nSPS) is 17.1. The van der Waals surface area contributed by atoms with Gasteiger partial charge in [-0.1, -0.05) is 12.1 Å². The summed E-state index contributed by atoms with van der Waals surface area (Å²) in [6.07, 6.45) is 1.78. The van der Waals surface area contributed by atoms with Crippen LogP contribution < -0.4 is 15.4 Å². The number of β-amino-alcohol motifs (C(OH)–C–C–N with tert-alkyl or cyclic N) is 1. The van der Waals surface area contributed by atoms with Crippen LogP contribution >= 0.6 is 0 Å². The predicted octanol–water partition coefficient (Wildman–Crippen LogP) is 0.0397. The summed E-state index contributed by atoms with van der Waals surface area (Å²) in [7, 11) is 0. The molecule has 0 saturated carbocycles. The molecule has 0 bridgehead atoms. The van der Waals surface area contributed by atoms with E-state index >= 15 is 0 Å². The van der Waals surface area contributed by atoms with E-state index in [1.165, 1.54) is 10.9 Å². The fourth-order valence-corrected chi connectivity index (χ4v) is 4.82. The fraction of sp³-hybridized carbons (Fsp3) is 0.480. The maximum atomic E-state index is 12.8. The molecule has 5 rings (SSSR count). The van der Waals surface area contributed by atoms with Crippen molar-refractivity contribution in [3.8, 4) is 0 Å². The second-order valence-electron chi connectivity index (χ2n) is 9.18. The Hall–Kier alpha value is -3.57. The quantitative estimate of drug-likeness (QED) is 0.489. The number of hydrogen-bond donors (Lipinski definition) is 1. The van der Waals surface area contributed by atoms with E-state index in [2.05, 4.69) is 29.9 Å². The number of aliphatic hydroxyl groups is 1. The molecule has 0 aliphatic carbocycles. The molecule has 11 heteroatoms. The minimum atomic E-state index is -0.118. The molecule has 2 saturated heterocycles. The van der Waals surface area contributed by atoms with Crippen LogP contribution in [-0.2, 0) is 11.3 Å². The summed E-state index contributed by atoms with van der Waals surface area (Å²) in [6.45, 7) is 7.39. The summed E-state index contributed by atoms with van der Waals surface area (Å²) >= 11 is 0. The highest BCUT2D eigenvalue weighted by Crippen LogP contribution is 2.18. The third kappa shape index (κ3) is 5.31. The minimum Gasteiger partial charge on any atom is -0.395 e. The number of anilines is 2. The number of rotatable bonds is 7. The Morgan fingerprint density at radius 2 is 1.47 bits per heavy atom. The number of nitrogens with zero attached hydrogens (tertiary/aromatic N) is 8. The number of aryl methyl sites for hydroxylation is 1. The van der Waals surface area contributed by atoms with Crippen LogP contribution in [0.3, 0.4) is 0 Å². The lowest BCUT2D eigenvalue weighted by Gasteiger charge is -2.36. The first-order valence-electron chi connectivity index (χ1n) is 12.5. The summed E-state index contributed by atoms with van der Waals surface area (Å²) in [5, 5.41) is 18.6. The second-order valence-corrected chi connectivity index (χ2v) is 9.18. The van der Waals surface area contributed by atoms with Crippen molar-refractivity contribution in [2.24, 2.45) is 0 Å². The number of aliphatic hydroxyl groups excluding tert-OH is 1. The van der Waals surface area contributed by atoms with Gasteiger partial charge < -0.3 is 19.8 Å². The molecule has 1 aromatic carbocycles. The van der Waals surface area contributed by atoms with Crippen molar-refractivity contribution in [1.29, 1.82) is 0 Å². The van der Waals surface area contributed by atoms with Gasteiger partial charge in [0.25, 0.3) is 5.56 Å². The van der Waals surface area contributed by atoms with Crippen molar-refractivity contribution in [2.45, 2.75) is 13.0 Å². The molecule has 190 valence electrons. The number of amides is 1. The monoisotopic (exact) mass is 492 g/mol. The van der Waals surface area contributed by atoms with E-state index in [0.29, 0.717) is 50.2 Å². The standard InChI is InChI=1S/C25H32N8O3/c34-18-17-29-9-11-30(12-10-29)22-5-6-23(28-27-22)31-13-15-32(16-14-31)24(35)7-8-33-19-26-21-4-2-1-3-20(21)25(33)36/h1-6,19,34H,7-18H2. The van der Waals surface area contributed by atoms with Crippen LogP contribution in [-0.4, -0.2) is 106 Å². The van der Waals surface area contributed by atoms with Crippen molar-refractivity contribution >= 4 is 28.4 Å². The summed E-state index contributed by atoms with van der Waals surface area (Å²) in [5.41, 5.74) is 0.547. The maximum absolute atomic E-state index is 12.8. The van der Waals surface area contributed by atoms with Gasteiger partial charge in [-0.25, -0.2) is 4.98 Å². The summed E-state index contributed by atoms with van der Waals surface area (Å²) in [4.78, 5) is 38.2. The number of benzene rings is 1. The van der Waals surface area contributed by atoms with E-state index < -0.39 is 0 Å². The molecule has 2 fully saturated rings. The number of para-hydroxylation sites is 1. The van der Waals surface area contributed by atoms with Crippen molar-refractivity contribution in [3.63, 3.8) is 0 Å². The predicted molar refractivity (Wildman–Crippen MR) is 137 cm³/mol. The number of carbonyl (C=O) groups excluding carboxylic acids is 1. The zero-order valence-electron chi connectivity index (χ0n) is 20.4. The molecule has 3 aromatic rings. The summed E-state index contributed by atoms with van der Waals surface area (Å²) in [5.74, 6) is 1.73.